The molecular weight excluding hydrogens is 332 g/mol. The summed E-state index contributed by atoms with van der Waals surface area (Å²) < 4.78 is 6.01. The standard InChI is InChI=1S/C19H32N4OS/c1-6-20-18(21-10-9-15-12(2)22-13(3)25-15)23-16-14-8-7-11-24-17(14)19(16,4)5/h14,16-17H,6-11H2,1-5H3,(H2,20,21,23). The molecule has 0 bridgehead atoms. The van der Waals surface area contributed by atoms with E-state index < -0.39 is 0 Å². The van der Waals surface area contributed by atoms with Gasteiger partial charge < -0.3 is 15.4 Å². The fourth-order valence-electron chi connectivity index (χ4n) is 4.36. The number of hydrogen-bond acceptors (Lipinski definition) is 4. The number of nitrogens with one attached hydrogen (secondary N) is 2. The fraction of sp³-hybridized carbons (Fsp3) is 0.789. The topological polar surface area (TPSA) is 58.5 Å². The van der Waals surface area contributed by atoms with E-state index in [0.717, 1.165) is 42.8 Å². The minimum atomic E-state index is 0.159. The molecule has 6 heteroatoms. The van der Waals surface area contributed by atoms with Crippen LogP contribution in [-0.4, -0.2) is 42.8 Å². The number of thiazole rings is 1. The number of ether oxygens (including phenoxy) is 1. The molecule has 2 aliphatic rings. The highest BCUT2D eigenvalue weighted by Crippen LogP contribution is 2.51. The van der Waals surface area contributed by atoms with Crippen LogP contribution in [0.25, 0.3) is 0 Å². The SMILES string of the molecule is CCNC(=NCCc1sc(C)nc1C)NC1C2CCCOC2C1(C)C. The largest absolute Gasteiger partial charge is 0.377 e. The Morgan fingerprint density at radius 2 is 2.20 bits per heavy atom. The monoisotopic (exact) mass is 364 g/mol. The molecule has 0 amide bonds. The molecule has 1 aromatic heterocycles. The number of aryl methyl sites for hydroxylation is 2. The minimum Gasteiger partial charge on any atom is -0.377 e. The van der Waals surface area contributed by atoms with E-state index in [1.807, 2.05) is 0 Å². The van der Waals surface area contributed by atoms with Crippen LogP contribution in [0.15, 0.2) is 4.99 Å². The van der Waals surface area contributed by atoms with Crippen LogP contribution in [0, 0.1) is 25.2 Å². The van der Waals surface area contributed by atoms with Crippen LogP contribution in [0.3, 0.4) is 0 Å². The molecule has 0 aromatic carbocycles. The van der Waals surface area contributed by atoms with E-state index in [1.165, 1.54) is 17.7 Å². The van der Waals surface area contributed by atoms with E-state index in [-0.39, 0.29) is 5.41 Å². The number of hydrogen-bond donors (Lipinski definition) is 2. The average molecular weight is 365 g/mol. The zero-order valence-electron chi connectivity index (χ0n) is 16.2. The van der Waals surface area contributed by atoms with E-state index >= 15 is 0 Å². The first kappa shape index (κ1) is 18.6. The van der Waals surface area contributed by atoms with Crippen LogP contribution in [0.5, 0.6) is 0 Å². The molecule has 5 nitrogen and oxygen atoms in total. The van der Waals surface area contributed by atoms with Gasteiger partial charge in [-0.25, -0.2) is 4.98 Å². The van der Waals surface area contributed by atoms with Gasteiger partial charge in [0.15, 0.2) is 5.96 Å². The van der Waals surface area contributed by atoms with Gasteiger partial charge in [0, 0.05) is 48.4 Å². The summed E-state index contributed by atoms with van der Waals surface area (Å²) >= 11 is 1.79. The maximum Gasteiger partial charge on any atom is 0.191 e. The van der Waals surface area contributed by atoms with Gasteiger partial charge in [0.25, 0.3) is 0 Å². The maximum atomic E-state index is 6.01. The molecule has 1 saturated heterocycles. The van der Waals surface area contributed by atoms with Crippen LogP contribution in [0.1, 0.15) is 49.2 Å². The van der Waals surface area contributed by atoms with Crippen molar-refractivity contribution < 1.29 is 4.74 Å². The van der Waals surface area contributed by atoms with Gasteiger partial charge in [-0.2, -0.15) is 0 Å². The molecule has 2 heterocycles. The van der Waals surface area contributed by atoms with Gasteiger partial charge in [-0.05, 0) is 33.6 Å². The summed E-state index contributed by atoms with van der Waals surface area (Å²) in [6.45, 7) is 13.5. The second kappa shape index (κ2) is 7.62. The Bertz CT molecular complexity index is 625. The van der Waals surface area contributed by atoms with Crippen molar-refractivity contribution in [1.29, 1.82) is 0 Å². The molecule has 0 spiro atoms. The Kier molecular flexibility index (Phi) is 5.68. The zero-order chi connectivity index (χ0) is 18.0. The number of aliphatic imine (C=N–C) groups is 1. The maximum absolute atomic E-state index is 6.01. The van der Waals surface area contributed by atoms with E-state index in [2.05, 4.69) is 50.2 Å². The second-order valence-corrected chi connectivity index (χ2v) is 9.08. The van der Waals surface area contributed by atoms with E-state index in [9.17, 15) is 0 Å². The third-order valence-electron chi connectivity index (χ3n) is 5.58. The summed E-state index contributed by atoms with van der Waals surface area (Å²) in [4.78, 5) is 10.7. The predicted octanol–water partition coefficient (Wildman–Crippen LogP) is 3.06. The van der Waals surface area contributed by atoms with Crippen molar-refractivity contribution in [1.82, 2.24) is 15.6 Å². The molecule has 1 aromatic rings. The highest BCUT2D eigenvalue weighted by atomic mass is 32.1. The highest BCUT2D eigenvalue weighted by molar-refractivity contribution is 7.11. The van der Waals surface area contributed by atoms with Gasteiger partial charge in [0.05, 0.1) is 16.8 Å². The van der Waals surface area contributed by atoms with Crippen LogP contribution in [0.4, 0.5) is 0 Å². The molecule has 3 atom stereocenters. The zero-order valence-corrected chi connectivity index (χ0v) is 17.0. The summed E-state index contributed by atoms with van der Waals surface area (Å²) in [6.07, 6.45) is 3.78. The number of fused-ring (bicyclic) bond motifs is 1. The highest BCUT2D eigenvalue weighted by Gasteiger charge is 2.58. The van der Waals surface area contributed by atoms with Crippen LogP contribution >= 0.6 is 11.3 Å². The predicted molar refractivity (Wildman–Crippen MR) is 104 cm³/mol. The van der Waals surface area contributed by atoms with E-state index in [0.29, 0.717) is 18.1 Å². The quantitative estimate of drug-likeness (QED) is 0.623. The third kappa shape index (κ3) is 3.85. The Labute approximate surface area is 155 Å². The minimum absolute atomic E-state index is 0.159. The molecular formula is C19H32N4OS. The van der Waals surface area contributed by atoms with Gasteiger partial charge in [0.2, 0.25) is 0 Å². The molecule has 140 valence electrons. The van der Waals surface area contributed by atoms with Gasteiger partial charge in [0.1, 0.15) is 0 Å². The first-order valence-electron chi connectivity index (χ1n) is 9.52. The van der Waals surface area contributed by atoms with E-state index in [4.69, 9.17) is 9.73 Å². The molecule has 0 radical (unpaired) electrons. The summed E-state index contributed by atoms with van der Waals surface area (Å²) in [5.74, 6) is 1.54. The van der Waals surface area contributed by atoms with Gasteiger partial charge in [-0.15, -0.1) is 11.3 Å². The summed E-state index contributed by atoms with van der Waals surface area (Å²) in [7, 11) is 0. The Morgan fingerprint density at radius 3 is 2.88 bits per heavy atom. The molecule has 25 heavy (non-hydrogen) atoms. The van der Waals surface area contributed by atoms with Crippen molar-refractivity contribution in [3.8, 4) is 0 Å². The molecule has 1 saturated carbocycles. The van der Waals surface area contributed by atoms with Crippen LogP contribution in [0.2, 0.25) is 0 Å². The molecule has 1 aliphatic carbocycles. The molecule has 3 rings (SSSR count). The molecule has 1 aliphatic heterocycles. The van der Waals surface area contributed by atoms with Crippen LogP contribution < -0.4 is 10.6 Å². The Morgan fingerprint density at radius 1 is 1.40 bits per heavy atom. The lowest BCUT2D eigenvalue weighted by Gasteiger charge is -2.60. The average Bonchev–Trinajstić information content (AvgIpc) is 2.90. The van der Waals surface area contributed by atoms with Crippen molar-refractivity contribution in [3.05, 3.63) is 15.6 Å². The van der Waals surface area contributed by atoms with Gasteiger partial charge in [-0.3, -0.25) is 4.99 Å². The Hall–Kier alpha value is -1.14. The number of nitrogens with zero attached hydrogens (tertiary/aromatic N) is 2. The number of rotatable bonds is 5. The second-order valence-electron chi connectivity index (χ2n) is 7.79. The normalized spacial score (nSPS) is 28.2. The van der Waals surface area contributed by atoms with Gasteiger partial charge in [-0.1, -0.05) is 13.8 Å². The summed E-state index contributed by atoms with van der Waals surface area (Å²) in [5, 5.41) is 8.24. The fourth-order valence-corrected chi connectivity index (χ4v) is 5.28. The van der Waals surface area contributed by atoms with Crippen molar-refractivity contribution >= 4 is 17.3 Å². The van der Waals surface area contributed by atoms with Crippen molar-refractivity contribution in [2.45, 2.75) is 66.0 Å². The number of aromatic nitrogens is 1. The van der Waals surface area contributed by atoms with Crippen molar-refractivity contribution in [2.24, 2.45) is 16.3 Å². The third-order valence-corrected chi connectivity index (χ3v) is 6.71. The smallest absolute Gasteiger partial charge is 0.191 e. The lowest BCUT2D eigenvalue weighted by molar-refractivity contribution is -0.188. The number of guanidine groups is 1. The lowest BCUT2D eigenvalue weighted by atomic mass is 9.55. The molecule has 2 fully saturated rings. The van der Waals surface area contributed by atoms with Crippen LogP contribution in [-0.2, 0) is 11.2 Å². The first-order valence-corrected chi connectivity index (χ1v) is 10.3. The first-order chi connectivity index (χ1) is 11.9. The summed E-state index contributed by atoms with van der Waals surface area (Å²) in [5.41, 5.74) is 1.31. The lowest BCUT2D eigenvalue weighted by Crippen LogP contribution is -2.71. The molecule has 3 unspecified atom stereocenters. The summed E-state index contributed by atoms with van der Waals surface area (Å²) in [6, 6.07) is 0.433. The van der Waals surface area contributed by atoms with Crippen molar-refractivity contribution in [3.63, 3.8) is 0 Å². The van der Waals surface area contributed by atoms with Crippen molar-refractivity contribution in [2.75, 3.05) is 19.7 Å². The van der Waals surface area contributed by atoms with Gasteiger partial charge >= 0.3 is 0 Å². The van der Waals surface area contributed by atoms with E-state index in [1.54, 1.807) is 11.3 Å². The molecule has 2 N–H and O–H groups in total. The Balaban J connectivity index is 1.61.